The third-order valence-electron chi connectivity index (χ3n) is 4.58. The molecule has 5 nitrogen and oxygen atoms in total. The lowest BCUT2D eigenvalue weighted by Gasteiger charge is -2.34. The van der Waals surface area contributed by atoms with Crippen molar-refractivity contribution in [2.24, 2.45) is 0 Å². The van der Waals surface area contributed by atoms with E-state index in [4.69, 9.17) is 5.73 Å². The van der Waals surface area contributed by atoms with E-state index in [1.165, 1.54) is 12.8 Å². The first-order valence-electron chi connectivity index (χ1n) is 7.50. The van der Waals surface area contributed by atoms with Crippen molar-refractivity contribution < 1.29 is 8.42 Å². The van der Waals surface area contributed by atoms with E-state index in [1.807, 2.05) is 13.8 Å². The van der Waals surface area contributed by atoms with E-state index in [-0.39, 0.29) is 4.90 Å². The topological polar surface area (TPSA) is 66.6 Å². The summed E-state index contributed by atoms with van der Waals surface area (Å²) in [5.74, 6) is 0. The molecule has 0 bridgehead atoms. The molecule has 0 atom stereocenters. The number of sulfonamides is 1. The number of piperazine rings is 1. The maximum absolute atomic E-state index is 12.8. The fourth-order valence-corrected chi connectivity index (χ4v) is 4.53. The molecular formula is C15H23N3O2S. The van der Waals surface area contributed by atoms with Crippen LogP contribution in [-0.2, 0) is 10.0 Å². The summed E-state index contributed by atoms with van der Waals surface area (Å²) in [5.41, 5.74) is 8.28. The van der Waals surface area contributed by atoms with Crippen LogP contribution in [0.1, 0.15) is 24.0 Å². The van der Waals surface area contributed by atoms with Crippen LogP contribution in [0.15, 0.2) is 17.0 Å². The van der Waals surface area contributed by atoms with Crippen molar-refractivity contribution >= 4 is 15.7 Å². The lowest BCUT2D eigenvalue weighted by molar-refractivity contribution is 0.180. The average molecular weight is 309 g/mol. The molecule has 1 aliphatic carbocycles. The quantitative estimate of drug-likeness (QED) is 0.856. The monoisotopic (exact) mass is 309 g/mol. The largest absolute Gasteiger partial charge is 0.398 e. The molecule has 21 heavy (non-hydrogen) atoms. The fourth-order valence-electron chi connectivity index (χ4n) is 2.92. The molecule has 1 heterocycles. The molecule has 1 aromatic rings. The molecule has 0 spiro atoms. The molecule has 6 heteroatoms. The SMILES string of the molecule is Cc1cc(N)c(S(=O)(=O)N2CCN(C3CC3)CC2)cc1C. The standard InChI is InChI=1S/C15H23N3O2S/c1-11-9-14(16)15(10-12(11)2)21(19,20)18-7-5-17(6-8-18)13-3-4-13/h9-10,13H,3-8,16H2,1-2H3. The Morgan fingerprint density at radius 1 is 1.05 bits per heavy atom. The minimum absolute atomic E-state index is 0.255. The summed E-state index contributed by atoms with van der Waals surface area (Å²) in [5, 5.41) is 0. The van der Waals surface area contributed by atoms with Crippen molar-refractivity contribution in [1.82, 2.24) is 9.21 Å². The maximum Gasteiger partial charge on any atom is 0.245 e. The van der Waals surface area contributed by atoms with Crippen molar-refractivity contribution in [1.29, 1.82) is 0 Å². The van der Waals surface area contributed by atoms with Gasteiger partial charge in [0, 0.05) is 32.2 Å². The molecular weight excluding hydrogens is 286 g/mol. The Morgan fingerprint density at radius 2 is 1.62 bits per heavy atom. The fraction of sp³-hybridized carbons (Fsp3) is 0.600. The van der Waals surface area contributed by atoms with Crippen LogP contribution in [0, 0.1) is 13.8 Å². The molecule has 2 fully saturated rings. The zero-order valence-corrected chi connectivity index (χ0v) is 13.5. The summed E-state index contributed by atoms with van der Waals surface area (Å²) in [6.07, 6.45) is 2.52. The molecule has 0 unspecified atom stereocenters. The Balaban J connectivity index is 1.82. The van der Waals surface area contributed by atoms with E-state index in [0.717, 1.165) is 24.2 Å². The molecule has 2 aliphatic rings. The molecule has 0 aromatic heterocycles. The van der Waals surface area contributed by atoms with Gasteiger partial charge in [-0.3, -0.25) is 4.90 Å². The molecule has 0 amide bonds. The Labute approximate surface area is 126 Å². The van der Waals surface area contributed by atoms with Gasteiger partial charge in [0.05, 0.1) is 5.69 Å². The van der Waals surface area contributed by atoms with Crippen LogP contribution in [-0.4, -0.2) is 49.8 Å². The van der Waals surface area contributed by atoms with Gasteiger partial charge in [0.1, 0.15) is 4.90 Å². The molecule has 116 valence electrons. The van der Waals surface area contributed by atoms with Crippen LogP contribution < -0.4 is 5.73 Å². The molecule has 2 N–H and O–H groups in total. The lowest BCUT2D eigenvalue weighted by Crippen LogP contribution is -2.49. The summed E-state index contributed by atoms with van der Waals surface area (Å²) in [7, 11) is -3.48. The van der Waals surface area contributed by atoms with Crippen molar-refractivity contribution in [3.8, 4) is 0 Å². The third-order valence-corrected chi connectivity index (χ3v) is 6.53. The summed E-state index contributed by atoms with van der Waals surface area (Å²) in [6, 6.07) is 4.15. The number of anilines is 1. The summed E-state index contributed by atoms with van der Waals surface area (Å²) >= 11 is 0. The Hall–Kier alpha value is -1.11. The van der Waals surface area contributed by atoms with E-state index >= 15 is 0 Å². The third kappa shape index (κ3) is 2.80. The number of hydrogen-bond acceptors (Lipinski definition) is 4. The minimum Gasteiger partial charge on any atom is -0.398 e. The highest BCUT2D eigenvalue weighted by Crippen LogP contribution is 2.30. The first-order chi connectivity index (χ1) is 9.89. The van der Waals surface area contributed by atoms with Crippen LogP contribution >= 0.6 is 0 Å². The van der Waals surface area contributed by atoms with Gasteiger partial charge >= 0.3 is 0 Å². The zero-order chi connectivity index (χ0) is 15.2. The van der Waals surface area contributed by atoms with Crippen LogP contribution in [0.4, 0.5) is 5.69 Å². The highest BCUT2D eigenvalue weighted by molar-refractivity contribution is 7.89. The number of aryl methyl sites for hydroxylation is 2. The summed E-state index contributed by atoms with van der Waals surface area (Å²) in [4.78, 5) is 2.65. The predicted octanol–water partition coefficient (Wildman–Crippen LogP) is 1.35. The number of nitrogens with zero attached hydrogens (tertiary/aromatic N) is 2. The van der Waals surface area contributed by atoms with Crippen LogP contribution in [0.2, 0.25) is 0 Å². The summed E-state index contributed by atoms with van der Waals surface area (Å²) < 4.78 is 27.2. The zero-order valence-electron chi connectivity index (χ0n) is 12.7. The normalized spacial score (nSPS) is 21.6. The van der Waals surface area contributed by atoms with Gasteiger partial charge in [0.25, 0.3) is 0 Å². The van der Waals surface area contributed by atoms with Gasteiger partial charge in [0.2, 0.25) is 10.0 Å². The predicted molar refractivity (Wildman–Crippen MR) is 83.7 cm³/mol. The van der Waals surface area contributed by atoms with Crippen molar-refractivity contribution in [3.05, 3.63) is 23.3 Å². The van der Waals surface area contributed by atoms with E-state index < -0.39 is 10.0 Å². The second-order valence-corrected chi connectivity index (χ2v) is 8.05. The van der Waals surface area contributed by atoms with Gasteiger partial charge in [-0.2, -0.15) is 4.31 Å². The van der Waals surface area contributed by atoms with Crippen LogP contribution in [0.25, 0.3) is 0 Å². The van der Waals surface area contributed by atoms with E-state index in [9.17, 15) is 8.42 Å². The highest BCUT2D eigenvalue weighted by Gasteiger charge is 2.35. The number of nitrogens with two attached hydrogens (primary N) is 1. The van der Waals surface area contributed by atoms with Gasteiger partial charge in [-0.05, 0) is 49.9 Å². The van der Waals surface area contributed by atoms with Crippen molar-refractivity contribution in [2.45, 2.75) is 37.6 Å². The van der Waals surface area contributed by atoms with Gasteiger partial charge in [-0.1, -0.05) is 0 Å². The molecule has 1 saturated carbocycles. The van der Waals surface area contributed by atoms with Crippen molar-refractivity contribution in [2.75, 3.05) is 31.9 Å². The Morgan fingerprint density at radius 3 is 2.19 bits per heavy atom. The van der Waals surface area contributed by atoms with E-state index in [1.54, 1.807) is 16.4 Å². The maximum atomic E-state index is 12.8. The van der Waals surface area contributed by atoms with E-state index in [0.29, 0.717) is 24.8 Å². The molecule has 1 aliphatic heterocycles. The number of benzene rings is 1. The minimum atomic E-state index is -3.48. The molecule has 1 saturated heterocycles. The van der Waals surface area contributed by atoms with Gasteiger partial charge in [-0.25, -0.2) is 8.42 Å². The Kier molecular flexibility index (Phi) is 3.71. The second kappa shape index (κ2) is 5.26. The van der Waals surface area contributed by atoms with E-state index in [2.05, 4.69) is 4.90 Å². The number of nitrogen functional groups attached to an aromatic ring is 1. The molecule has 3 rings (SSSR count). The van der Waals surface area contributed by atoms with Crippen molar-refractivity contribution in [3.63, 3.8) is 0 Å². The van der Waals surface area contributed by atoms with Crippen LogP contribution in [0.3, 0.4) is 0 Å². The Bertz CT molecular complexity index is 645. The average Bonchev–Trinajstić information content (AvgIpc) is 3.27. The van der Waals surface area contributed by atoms with Gasteiger partial charge < -0.3 is 5.73 Å². The van der Waals surface area contributed by atoms with Gasteiger partial charge in [-0.15, -0.1) is 0 Å². The smallest absolute Gasteiger partial charge is 0.245 e. The van der Waals surface area contributed by atoms with Gasteiger partial charge in [0.15, 0.2) is 0 Å². The summed E-state index contributed by atoms with van der Waals surface area (Å²) in [6.45, 7) is 6.63. The second-order valence-electron chi connectivity index (χ2n) is 6.15. The molecule has 0 radical (unpaired) electrons. The lowest BCUT2D eigenvalue weighted by atomic mass is 10.1. The number of hydrogen-bond donors (Lipinski definition) is 1. The first kappa shape index (κ1) is 14.8. The molecule has 1 aromatic carbocycles. The van der Waals surface area contributed by atoms with Crippen LogP contribution in [0.5, 0.6) is 0 Å². The highest BCUT2D eigenvalue weighted by atomic mass is 32.2. The number of rotatable bonds is 3. The first-order valence-corrected chi connectivity index (χ1v) is 8.94.